The van der Waals surface area contributed by atoms with Crippen LogP contribution in [0, 0.1) is 0 Å². The van der Waals surface area contributed by atoms with Crippen molar-refractivity contribution in [3.63, 3.8) is 0 Å². The number of hydrogen-bond donors (Lipinski definition) is 0. The molecule has 0 aliphatic heterocycles. The summed E-state index contributed by atoms with van der Waals surface area (Å²) in [6.45, 7) is 1.89. The zero-order chi connectivity index (χ0) is 19.8. The molecule has 0 aliphatic carbocycles. The van der Waals surface area contributed by atoms with Crippen molar-refractivity contribution in [3.8, 4) is 0 Å². The molecule has 0 fully saturated rings. The lowest BCUT2D eigenvalue weighted by atomic mass is 10.0. The smallest absolute Gasteiger partial charge is 0.156 e. The van der Waals surface area contributed by atoms with Crippen LogP contribution in [0.3, 0.4) is 0 Å². The van der Waals surface area contributed by atoms with Crippen LogP contribution in [0.25, 0.3) is 11.3 Å². The van der Waals surface area contributed by atoms with E-state index in [9.17, 15) is 4.79 Å². The molecule has 9 heteroatoms. The Kier molecular flexibility index (Phi) is 5.05. The maximum Gasteiger partial charge on any atom is 0.156 e. The maximum absolute atomic E-state index is 12.8. The summed E-state index contributed by atoms with van der Waals surface area (Å²) in [5.74, 6) is 0.0273. The minimum absolute atomic E-state index is 0.0273. The Bertz CT molecular complexity index is 1180. The molecule has 0 aliphatic rings. The van der Waals surface area contributed by atoms with Crippen LogP contribution in [0.5, 0.6) is 0 Å². The molecule has 0 unspecified atom stereocenters. The number of halogens is 2. The number of pyridine rings is 1. The van der Waals surface area contributed by atoms with E-state index >= 15 is 0 Å². The molecular weight excluding hydrogens is 401 g/mol. The first-order chi connectivity index (χ1) is 13.5. The molecule has 1 atom stereocenters. The molecule has 0 saturated heterocycles. The van der Waals surface area contributed by atoms with Crippen LogP contribution in [-0.2, 0) is 22.4 Å². The van der Waals surface area contributed by atoms with Crippen LogP contribution in [0.15, 0.2) is 36.9 Å². The fraction of sp³-hybridized carbons (Fsp3) is 0.263. The first kappa shape index (κ1) is 18.9. The zero-order valence-corrected chi connectivity index (χ0v) is 16.8. The highest BCUT2D eigenvalue weighted by atomic mass is 35.5. The lowest BCUT2D eigenvalue weighted by Gasteiger charge is -2.16. The van der Waals surface area contributed by atoms with E-state index in [4.69, 9.17) is 27.9 Å². The molecule has 0 amide bonds. The summed E-state index contributed by atoms with van der Waals surface area (Å²) < 4.78 is 8.92. The number of ketones is 1. The number of methoxy groups -OCH3 is 1. The quantitative estimate of drug-likeness (QED) is 0.477. The highest BCUT2D eigenvalue weighted by molar-refractivity contribution is 6.33. The Balaban J connectivity index is 1.64. The second-order valence-corrected chi connectivity index (χ2v) is 7.32. The summed E-state index contributed by atoms with van der Waals surface area (Å²) in [6, 6.07) is 3.44. The molecule has 28 heavy (non-hydrogen) atoms. The van der Waals surface area contributed by atoms with E-state index in [1.165, 1.54) is 0 Å². The summed E-state index contributed by atoms with van der Waals surface area (Å²) in [7, 11) is 1.61. The Morgan fingerprint density at radius 1 is 1.25 bits per heavy atom. The highest BCUT2D eigenvalue weighted by Crippen LogP contribution is 2.24. The molecule has 4 aromatic heterocycles. The molecule has 0 saturated carbocycles. The van der Waals surface area contributed by atoms with Crippen LogP contribution in [0.4, 0.5) is 0 Å². The first-order valence-electron chi connectivity index (χ1n) is 8.65. The second kappa shape index (κ2) is 7.50. The summed E-state index contributed by atoms with van der Waals surface area (Å²) in [5, 5.41) is 5.12. The van der Waals surface area contributed by atoms with Gasteiger partial charge in [-0.3, -0.25) is 4.79 Å². The monoisotopic (exact) mass is 417 g/mol. The number of fused-ring (bicyclic) bond motifs is 2. The summed E-state index contributed by atoms with van der Waals surface area (Å²) in [5.41, 5.74) is 3.60. The second-order valence-electron chi connectivity index (χ2n) is 6.53. The van der Waals surface area contributed by atoms with Crippen molar-refractivity contribution >= 4 is 40.3 Å². The number of aromatic nitrogens is 5. The molecule has 0 N–H and O–H groups in total. The van der Waals surface area contributed by atoms with Gasteiger partial charge in [-0.15, -0.1) is 0 Å². The summed E-state index contributed by atoms with van der Waals surface area (Å²) in [4.78, 5) is 21.3. The number of rotatable bonds is 6. The number of nitrogens with zero attached hydrogens (tertiary/aromatic N) is 5. The van der Waals surface area contributed by atoms with Crippen LogP contribution in [0.1, 0.15) is 29.8 Å². The minimum atomic E-state index is -0.277. The van der Waals surface area contributed by atoms with Gasteiger partial charge in [0, 0.05) is 56.4 Å². The van der Waals surface area contributed by atoms with Gasteiger partial charge in [-0.1, -0.05) is 23.2 Å². The van der Waals surface area contributed by atoms with E-state index in [0.717, 1.165) is 16.8 Å². The Morgan fingerprint density at radius 3 is 2.86 bits per heavy atom. The van der Waals surface area contributed by atoms with E-state index in [1.807, 2.05) is 17.5 Å². The third-order valence-corrected chi connectivity index (χ3v) is 5.06. The van der Waals surface area contributed by atoms with Crippen LogP contribution in [-0.4, -0.2) is 36.9 Å². The molecule has 144 valence electrons. The van der Waals surface area contributed by atoms with Gasteiger partial charge in [0.25, 0.3) is 0 Å². The number of carbonyl (C=O) groups is 1. The Labute approximate surface area is 170 Å². The number of hydrogen-bond acceptors (Lipinski definition) is 5. The van der Waals surface area contributed by atoms with Crippen LogP contribution >= 0.6 is 23.2 Å². The molecule has 0 radical (unpaired) electrons. The lowest BCUT2D eigenvalue weighted by molar-refractivity contribution is -0.117. The highest BCUT2D eigenvalue weighted by Gasteiger charge is 2.19. The summed E-state index contributed by atoms with van der Waals surface area (Å²) >= 11 is 12.3. The minimum Gasteiger partial charge on any atom is -0.375 e. The van der Waals surface area contributed by atoms with E-state index in [1.54, 1.807) is 42.3 Å². The van der Waals surface area contributed by atoms with E-state index in [2.05, 4.69) is 15.1 Å². The van der Waals surface area contributed by atoms with Crippen molar-refractivity contribution in [2.45, 2.75) is 25.9 Å². The van der Waals surface area contributed by atoms with E-state index in [0.29, 0.717) is 21.5 Å². The van der Waals surface area contributed by atoms with Crippen molar-refractivity contribution in [1.82, 2.24) is 24.0 Å². The van der Waals surface area contributed by atoms with E-state index in [-0.39, 0.29) is 24.7 Å². The van der Waals surface area contributed by atoms with Gasteiger partial charge < -0.3 is 9.14 Å². The standard InChI is InChI=1S/C19H17Cl2N5O2/c1-11(28-2)18-13(9-23-17-8-16(21)24-26(17)18)7-14(27)5-12-6-15(20)19-22-3-4-25(19)10-12/h3-4,6,8-11H,5,7H2,1-2H3/t11-/m0/s1. The number of imidazole rings is 1. The molecule has 4 rings (SSSR count). The van der Waals surface area contributed by atoms with Crippen molar-refractivity contribution in [2.75, 3.05) is 7.11 Å². The fourth-order valence-electron chi connectivity index (χ4n) is 3.28. The molecule has 4 aromatic rings. The normalized spacial score (nSPS) is 12.7. The lowest BCUT2D eigenvalue weighted by Crippen LogP contribution is -2.15. The number of ether oxygens (including phenoxy) is 1. The van der Waals surface area contributed by atoms with Crippen LogP contribution in [0.2, 0.25) is 10.2 Å². The molecular formula is C19H17Cl2N5O2. The predicted molar refractivity (Wildman–Crippen MR) is 106 cm³/mol. The van der Waals surface area contributed by atoms with Crippen molar-refractivity contribution < 1.29 is 9.53 Å². The van der Waals surface area contributed by atoms with Gasteiger partial charge in [-0.25, -0.2) is 14.5 Å². The number of carbonyl (C=O) groups excluding carboxylic acids is 1. The predicted octanol–water partition coefficient (Wildman–Crippen LogP) is 3.75. The molecule has 4 heterocycles. The Hall–Kier alpha value is -2.48. The summed E-state index contributed by atoms with van der Waals surface area (Å²) in [6.07, 6.45) is 7.17. The average Bonchev–Trinajstić information content (AvgIpc) is 3.26. The van der Waals surface area contributed by atoms with E-state index < -0.39 is 0 Å². The number of Topliss-reactive ketones (excluding diaryl/α,β-unsaturated/α-hetero) is 1. The van der Waals surface area contributed by atoms with Crippen molar-refractivity contribution in [3.05, 3.63) is 63.9 Å². The topological polar surface area (TPSA) is 73.8 Å². The van der Waals surface area contributed by atoms with Gasteiger partial charge in [-0.05, 0) is 18.6 Å². The zero-order valence-electron chi connectivity index (χ0n) is 15.3. The third-order valence-electron chi connectivity index (χ3n) is 4.60. The van der Waals surface area contributed by atoms with Crippen molar-refractivity contribution in [1.29, 1.82) is 0 Å². The van der Waals surface area contributed by atoms with Crippen molar-refractivity contribution in [2.24, 2.45) is 0 Å². The molecule has 0 aromatic carbocycles. The van der Waals surface area contributed by atoms with Gasteiger partial charge in [-0.2, -0.15) is 5.10 Å². The molecule has 0 bridgehead atoms. The molecule has 0 spiro atoms. The van der Waals surface area contributed by atoms with Gasteiger partial charge >= 0.3 is 0 Å². The molecule has 7 nitrogen and oxygen atoms in total. The van der Waals surface area contributed by atoms with Gasteiger partial charge in [0.2, 0.25) is 0 Å². The fourth-order valence-corrected chi connectivity index (χ4v) is 3.74. The third kappa shape index (κ3) is 3.48. The SMILES string of the molecule is CO[C@@H](C)c1c(CC(=O)Cc2cc(Cl)c3nccn3c2)cnc2cc(Cl)nn12. The first-order valence-corrected chi connectivity index (χ1v) is 9.40. The van der Waals surface area contributed by atoms with Gasteiger partial charge in [0.05, 0.1) is 16.8 Å². The largest absolute Gasteiger partial charge is 0.375 e. The Morgan fingerprint density at radius 2 is 2.07 bits per heavy atom. The van der Waals surface area contributed by atoms with Gasteiger partial charge in [0.1, 0.15) is 5.78 Å². The average molecular weight is 418 g/mol. The van der Waals surface area contributed by atoms with Crippen LogP contribution < -0.4 is 0 Å². The van der Waals surface area contributed by atoms with Gasteiger partial charge in [0.15, 0.2) is 16.4 Å². The maximum atomic E-state index is 12.8.